The number of anilines is 2. The molecule has 17 heavy (non-hydrogen) atoms. The molecule has 0 spiro atoms. The number of halogens is 1. The molecule has 1 aliphatic heterocycles. The van der Waals surface area contributed by atoms with Crippen molar-refractivity contribution in [2.75, 3.05) is 37.4 Å². The fourth-order valence-corrected chi connectivity index (χ4v) is 2.08. The number of hydrogen-bond acceptors (Lipinski definition) is 4. The van der Waals surface area contributed by atoms with Gasteiger partial charge in [0.25, 0.3) is 0 Å². The van der Waals surface area contributed by atoms with Crippen molar-refractivity contribution in [1.29, 1.82) is 0 Å². The highest BCUT2D eigenvalue weighted by molar-refractivity contribution is 6.31. The SMILES string of the molecule is Cc1c(NC2=NCCN2)cc(Cl)cc1N(C)C. The monoisotopic (exact) mass is 252 g/mol. The number of benzene rings is 1. The van der Waals surface area contributed by atoms with Crippen LogP contribution in [0.1, 0.15) is 5.56 Å². The molecule has 0 saturated carbocycles. The molecule has 1 heterocycles. The van der Waals surface area contributed by atoms with Gasteiger partial charge in [0.15, 0.2) is 5.96 Å². The molecular weight excluding hydrogens is 236 g/mol. The molecule has 5 heteroatoms. The van der Waals surface area contributed by atoms with Crippen LogP contribution in [0.3, 0.4) is 0 Å². The molecule has 2 N–H and O–H groups in total. The van der Waals surface area contributed by atoms with E-state index in [-0.39, 0.29) is 0 Å². The molecule has 1 aromatic carbocycles. The molecular formula is C12H17ClN4. The molecule has 0 unspecified atom stereocenters. The second-order valence-electron chi connectivity index (χ2n) is 4.27. The van der Waals surface area contributed by atoms with Gasteiger partial charge in [0.2, 0.25) is 0 Å². The quantitative estimate of drug-likeness (QED) is 0.847. The number of rotatable bonds is 2. The molecule has 92 valence electrons. The van der Waals surface area contributed by atoms with E-state index in [9.17, 15) is 0 Å². The normalized spacial score (nSPS) is 14.2. The zero-order valence-corrected chi connectivity index (χ0v) is 11.1. The van der Waals surface area contributed by atoms with Crippen LogP contribution in [0.4, 0.5) is 11.4 Å². The Bertz CT molecular complexity index is 454. The van der Waals surface area contributed by atoms with Gasteiger partial charge >= 0.3 is 0 Å². The van der Waals surface area contributed by atoms with E-state index in [0.717, 1.165) is 41.0 Å². The molecule has 0 fully saturated rings. The fourth-order valence-electron chi connectivity index (χ4n) is 1.87. The van der Waals surface area contributed by atoms with Crippen molar-refractivity contribution in [3.63, 3.8) is 0 Å². The number of hydrogen-bond donors (Lipinski definition) is 2. The molecule has 1 aliphatic rings. The Balaban J connectivity index is 2.32. The molecule has 4 nitrogen and oxygen atoms in total. The van der Waals surface area contributed by atoms with E-state index in [0.29, 0.717) is 0 Å². The number of guanidine groups is 1. The van der Waals surface area contributed by atoms with Crippen molar-refractivity contribution in [3.8, 4) is 0 Å². The topological polar surface area (TPSA) is 39.7 Å². The van der Waals surface area contributed by atoms with Crippen LogP contribution in [0.15, 0.2) is 17.1 Å². The summed E-state index contributed by atoms with van der Waals surface area (Å²) in [6.07, 6.45) is 0. The first-order valence-corrected chi connectivity index (χ1v) is 5.98. The lowest BCUT2D eigenvalue weighted by molar-refractivity contribution is 0.959. The predicted octanol–water partition coefficient (Wildman–Crippen LogP) is 2.09. The molecule has 0 amide bonds. The summed E-state index contributed by atoms with van der Waals surface area (Å²) in [5, 5.41) is 7.18. The lowest BCUT2D eigenvalue weighted by Crippen LogP contribution is -2.26. The highest BCUT2D eigenvalue weighted by Gasteiger charge is 2.11. The van der Waals surface area contributed by atoms with Gasteiger partial charge in [-0.3, -0.25) is 4.99 Å². The summed E-state index contributed by atoms with van der Waals surface area (Å²) in [6.45, 7) is 3.79. The number of nitrogens with one attached hydrogen (secondary N) is 2. The first kappa shape index (κ1) is 12.0. The van der Waals surface area contributed by atoms with Crippen molar-refractivity contribution >= 4 is 28.9 Å². The Hall–Kier alpha value is -1.42. The van der Waals surface area contributed by atoms with Gasteiger partial charge in [-0.1, -0.05) is 11.6 Å². The third-order valence-corrected chi connectivity index (χ3v) is 2.97. The standard InChI is InChI=1S/C12H17ClN4/c1-8-10(16-12-14-4-5-15-12)6-9(13)7-11(8)17(2)3/h6-7H,4-5H2,1-3H3,(H2,14,15,16). The van der Waals surface area contributed by atoms with Crippen LogP contribution in [-0.2, 0) is 0 Å². The minimum absolute atomic E-state index is 0.723. The van der Waals surface area contributed by atoms with Crippen molar-refractivity contribution in [2.45, 2.75) is 6.92 Å². The van der Waals surface area contributed by atoms with Gasteiger partial charge < -0.3 is 15.5 Å². The van der Waals surface area contributed by atoms with E-state index in [1.807, 2.05) is 26.2 Å². The van der Waals surface area contributed by atoms with E-state index in [1.165, 1.54) is 0 Å². The van der Waals surface area contributed by atoms with Gasteiger partial charge in [-0.15, -0.1) is 0 Å². The van der Waals surface area contributed by atoms with Crippen LogP contribution in [0, 0.1) is 6.92 Å². The first-order valence-electron chi connectivity index (χ1n) is 5.61. The third-order valence-electron chi connectivity index (χ3n) is 2.75. The lowest BCUT2D eigenvalue weighted by atomic mass is 10.1. The molecule has 0 atom stereocenters. The van der Waals surface area contributed by atoms with Crippen LogP contribution >= 0.6 is 11.6 Å². The lowest BCUT2D eigenvalue weighted by Gasteiger charge is -2.19. The first-order chi connectivity index (χ1) is 8.08. The zero-order chi connectivity index (χ0) is 12.4. The Labute approximate surface area is 107 Å². The van der Waals surface area contributed by atoms with Crippen molar-refractivity contribution in [3.05, 3.63) is 22.7 Å². The van der Waals surface area contributed by atoms with Crippen LogP contribution in [0.5, 0.6) is 0 Å². The van der Waals surface area contributed by atoms with Crippen LogP contribution < -0.4 is 15.5 Å². The molecule has 0 aromatic heterocycles. The minimum atomic E-state index is 0.723. The van der Waals surface area contributed by atoms with E-state index < -0.39 is 0 Å². The predicted molar refractivity (Wildman–Crippen MR) is 74.4 cm³/mol. The van der Waals surface area contributed by atoms with Gasteiger partial charge in [0.05, 0.1) is 6.54 Å². The summed E-state index contributed by atoms with van der Waals surface area (Å²) in [5.74, 6) is 0.820. The summed E-state index contributed by atoms with van der Waals surface area (Å²) in [4.78, 5) is 6.37. The molecule has 0 saturated heterocycles. The number of aliphatic imine (C=N–C) groups is 1. The van der Waals surface area contributed by atoms with Gasteiger partial charge in [-0.25, -0.2) is 0 Å². The fraction of sp³-hybridized carbons (Fsp3) is 0.417. The second kappa shape index (κ2) is 4.84. The van der Waals surface area contributed by atoms with Crippen molar-refractivity contribution in [1.82, 2.24) is 5.32 Å². The van der Waals surface area contributed by atoms with E-state index >= 15 is 0 Å². The Morgan fingerprint density at radius 1 is 1.41 bits per heavy atom. The molecule has 0 aliphatic carbocycles. The smallest absolute Gasteiger partial charge is 0.195 e. The maximum Gasteiger partial charge on any atom is 0.195 e. The third kappa shape index (κ3) is 2.64. The summed E-state index contributed by atoms with van der Waals surface area (Å²) in [5.41, 5.74) is 3.27. The summed E-state index contributed by atoms with van der Waals surface area (Å²) >= 11 is 6.12. The highest BCUT2D eigenvalue weighted by atomic mass is 35.5. The van der Waals surface area contributed by atoms with Gasteiger partial charge in [-0.05, 0) is 24.6 Å². The van der Waals surface area contributed by atoms with Gasteiger partial charge in [0, 0.05) is 37.0 Å². The van der Waals surface area contributed by atoms with Crippen molar-refractivity contribution < 1.29 is 0 Å². The van der Waals surface area contributed by atoms with Gasteiger partial charge in [-0.2, -0.15) is 0 Å². The summed E-state index contributed by atoms with van der Waals surface area (Å²) in [6, 6.07) is 3.89. The van der Waals surface area contributed by atoms with Crippen LogP contribution in [0.25, 0.3) is 0 Å². The van der Waals surface area contributed by atoms with Crippen LogP contribution in [-0.4, -0.2) is 33.1 Å². The molecule has 0 radical (unpaired) electrons. The maximum atomic E-state index is 6.12. The largest absolute Gasteiger partial charge is 0.377 e. The minimum Gasteiger partial charge on any atom is -0.377 e. The summed E-state index contributed by atoms with van der Waals surface area (Å²) in [7, 11) is 4.02. The van der Waals surface area contributed by atoms with E-state index in [1.54, 1.807) is 0 Å². The molecule has 1 aromatic rings. The maximum absolute atomic E-state index is 6.12. The Kier molecular flexibility index (Phi) is 3.43. The summed E-state index contributed by atoms with van der Waals surface area (Å²) < 4.78 is 0. The average Bonchev–Trinajstić information content (AvgIpc) is 2.75. The Morgan fingerprint density at radius 2 is 2.18 bits per heavy atom. The van der Waals surface area contributed by atoms with E-state index in [2.05, 4.69) is 27.4 Å². The van der Waals surface area contributed by atoms with Crippen LogP contribution in [0.2, 0.25) is 5.02 Å². The average molecular weight is 253 g/mol. The number of nitrogens with zero attached hydrogens (tertiary/aromatic N) is 2. The van der Waals surface area contributed by atoms with E-state index in [4.69, 9.17) is 11.6 Å². The molecule has 0 bridgehead atoms. The zero-order valence-electron chi connectivity index (χ0n) is 10.3. The Morgan fingerprint density at radius 3 is 2.76 bits per heavy atom. The van der Waals surface area contributed by atoms with Crippen molar-refractivity contribution in [2.24, 2.45) is 4.99 Å². The second-order valence-corrected chi connectivity index (χ2v) is 4.71. The highest BCUT2D eigenvalue weighted by Crippen LogP contribution is 2.30. The molecule has 2 rings (SSSR count). The van der Waals surface area contributed by atoms with Gasteiger partial charge in [0.1, 0.15) is 0 Å².